The van der Waals surface area contributed by atoms with Crippen LogP contribution in [0.5, 0.6) is 0 Å². The third-order valence-electron chi connectivity index (χ3n) is 3.51. The molecule has 0 aliphatic heterocycles. The minimum absolute atomic E-state index is 0.604. The molecule has 0 saturated heterocycles. The maximum Gasteiger partial charge on any atom is 0.171 e. The first-order chi connectivity index (χ1) is 10.9. The van der Waals surface area contributed by atoms with Gasteiger partial charge in [0.2, 0.25) is 0 Å². The van der Waals surface area contributed by atoms with E-state index in [0.29, 0.717) is 6.26 Å². The standard InChI is InChI=1S/C17H30N.CH4O3S/c1-3-5-7-8-9-10-14-18-15-11-13-17(16-18)12-6-4-2;1-5(2,3)4/h11,13,15-16H,3-10,12,14H2,1-2H3;1H3,(H,2,3,4)/q+1;/p-1. The third kappa shape index (κ3) is 17.2. The Hall–Kier alpha value is -0.940. The molecule has 0 aromatic carbocycles. The molecule has 0 radical (unpaired) electrons. The molecule has 4 nitrogen and oxygen atoms in total. The van der Waals surface area contributed by atoms with E-state index < -0.39 is 10.1 Å². The van der Waals surface area contributed by atoms with E-state index in [9.17, 15) is 0 Å². The molecule has 1 aromatic heterocycles. The minimum atomic E-state index is -3.92. The second-order valence-corrected chi connectivity index (χ2v) is 7.43. The summed E-state index contributed by atoms with van der Waals surface area (Å²) in [5.41, 5.74) is 1.49. The Kier molecular flexibility index (Phi) is 12.9. The molecule has 0 aliphatic rings. The van der Waals surface area contributed by atoms with Crippen LogP contribution >= 0.6 is 0 Å². The van der Waals surface area contributed by atoms with E-state index in [1.165, 1.54) is 69.9 Å². The van der Waals surface area contributed by atoms with Crippen LogP contribution in [0.15, 0.2) is 24.5 Å². The summed E-state index contributed by atoms with van der Waals surface area (Å²) in [6.07, 6.45) is 17.2. The number of hydrogen-bond donors (Lipinski definition) is 0. The van der Waals surface area contributed by atoms with Crippen LogP contribution < -0.4 is 4.57 Å². The van der Waals surface area contributed by atoms with Gasteiger partial charge in [0.15, 0.2) is 12.4 Å². The molecular formula is C18H33NO3S. The number of hydrogen-bond acceptors (Lipinski definition) is 3. The van der Waals surface area contributed by atoms with Crippen molar-refractivity contribution in [2.24, 2.45) is 0 Å². The van der Waals surface area contributed by atoms with Gasteiger partial charge in [0.05, 0.1) is 10.1 Å². The Balaban J connectivity index is 0.000000841. The molecule has 0 amide bonds. The zero-order chi connectivity index (χ0) is 17.6. The summed E-state index contributed by atoms with van der Waals surface area (Å²) in [7, 11) is -3.92. The van der Waals surface area contributed by atoms with Gasteiger partial charge < -0.3 is 4.55 Å². The molecular weight excluding hydrogens is 310 g/mol. The molecule has 0 aliphatic carbocycles. The Morgan fingerprint density at radius 1 is 1.00 bits per heavy atom. The second kappa shape index (κ2) is 13.5. The van der Waals surface area contributed by atoms with Gasteiger partial charge in [-0.25, -0.2) is 13.0 Å². The summed E-state index contributed by atoms with van der Waals surface area (Å²) >= 11 is 0. The average molecular weight is 344 g/mol. The van der Waals surface area contributed by atoms with E-state index in [1.54, 1.807) is 0 Å². The van der Waals surface area contributed by atoms with E-state index >= 15 is 0 Å². The SMILES string of the molecule is CCCCCCCC[n+]1cccc(CCCC)c1.CS(=O)(=O)[O-]. The molecule has 0 unspecified atom stereocenters. The molecule has 0 spiro atoms. The maximum absolute atomic E-state index is 9.08. The van der Waals surface area contributed by atoms with Gasteiger partial charge in [-0.1, -0.05) is 46.0 Å². The van der Waals surface area contributed by atoms with E-state index in [2.05, 4.69) is 42.9 Å². The van der Waals surface area contributed by atoms with Crippen molar-refractivity contribution >= 4 is 10.1 Å². The highest BCUT2D eigenvalue weighted by Crippen LogP contribution is 2.05. The zero-order valence-corrected chi connectivity index (χ0v) is 15.8. The molecule has 5 heteroatoms. The Bertz CT molecular complexity index is 493. The molecule has 0 fully saturated rings. The highest BCUT2D eigenvalue weighted by atomic mass is 32.2. The van der Waals surface area contributed by atoms with Gasteiger partial charge in [-0.15, -0.1) is 0 Å². The number of aryl methyl sites for hydroxylation is 2. The molecule has 134 valence electrons. The molecule has 1 rings (SSSR count). The maximum atomic E-state index is 9.08. The van der Waals surface area contributed by atoms with Gasteiger partial charge in [-0.2, -0.15) is 0 Å². The highest BCUT2D eigenvalue weighted by Gasteiger charge is 2.02. The van der Waals surface area contributed by atoms with E-state index in [1.807, 2.05) is 0 Å². The molecule has 23 heavy (non-hydrogen) atoms. The van der Waals surface area contributed by atoms with Crippen LogP contribution in [0, 0.1) is 0 Å². The zero-order valence-electron chi connectivity index (χ0n) is 15.0. The Morgan fingerprint density at radius 3 is 2.17 bits per heavy atom. The van der Waals surface area contributed by atoms with Gasteiger partial charge in [-0.3, -0.25) is 0 Å². The summed E-state index contributed by atoms with van der Waals surface area (Å²) in [5.74, 6) is 0. The van der Waals surface area contributed by atoms with Gasteiger partial charge in [-0.05, 0) is 25.3 Å². The largest absolute Gasteiger partial charge is 0.748 e. The average Bonchev–Trinajstić information content (AvgIpc) is 2.47. The van der Waals surface area contributed by atoms with E-state index in [-0.39, 0.29) is 0 Å². The fourth-order valence-electron chi connectivity index (χ4n) is 2.32. The van der Waals surface area contributed by atoms with Crippen molar-refractivity contribution in [1.82, 2.24) is 0 Å². The topological polar surface area (TPSA) is 61.1 Å². The van der Waals surface area contributed by atoms with Crippen LogP contribution in [-0.4, -0.2) is 19.2 Å². The number of pyridine rings is 1. The Morgan fingerprint density at radius 2 is 1.57 bits per heavy atom. The van der Waals surface area contributed by atoms with Crippen LogP contribution in [0.1, 0.15) is 70.8 Å². The second-order valence-electron chi connectivity index (χ2n) is 6.03. The summed E-state index contributed by atoms with van der Waals surface area (Å²) in [6, 6.07) is 4.45. The fourth-order valence-corrected chi connectivity index (χ4v) is 2.32. The Labute approximate surface area is 142 Å². The predicted octanol–water partition coefficient (Wildman–Crippen LogP) is 3.84. The fraction of sp³-hybridized carbons (Fsp3) is 0.722. The molecule has 1 heterocycles. The summed E-state index contributed by atoms with van der Waals surface area (Å²) in [5, 5.41) is 0. The molecule has 1 aromatic rings. The van der Waals surface area contributed by atoms with Crippen LogP contribution in [0.4, 0.5) is 0 Å². The molecule has 0 atom stereocenters. The van der Waals surface area contributed by atoms with Crippen molar-refractivity contribution in [1.29, 1.82) is 0 Å². The minimum Gasteiger partial charge on any atom is -0.748 e. The predicted molar refractivity (Wildman–Crippen MR) is 94.2 cm³/mol. The van der Waals surface area contributed by atoms with Gasteiger partial charge >= 0.3 is 0 Å². The lowest BCUT2D eigenvalue weighted by Crippen LogP contribution is -2.33. The highest BCUT2D eigenvalue weighted by molar-refractivity contribution is 7.84. The number of unbranched alkanes of at least 4 members (excludes halogenated alkanes) is 6. The van der Waals surface area contributed by atoms with Crippen LogP contribution in [0.25, 0.3) is 0 Å². The number of aromatic nitrogens is 1. The van der Waals surface area contributed by atoms with Gasteiger partial charge in [0.1, 0.15) is 6.54 Å². The van der Waals surface area contributed by atoms with Crippen LogP contribution in [-0.2, 0) is 23.1 Å². The first kappa shape index (κ1) is 22.1. The molecule has 0 bridgehead atoms. The van der Waals surface area contributed by atoms with E-state index in [0.717, 1.165) is 0 Å². The van der Waals surface area contributed by atoms with Crippen molar-refractivity contribution in [3.8, 4) is 0 Å². The smallest absolute Gasteiger partial charge is 0.171 e. The number of rotatable bonds is 10. The summed E-state index contributed by atoms with van der Waals surface area (Å²) in [6.45, 7) is 5.72. The first-order valence-electron chi connectivity index (χ1n) is 8.75. The van der Waals surface area contributed by atoms with Crippen LogP contribution in [0.3, 0.4) is 0 Å². The molecule has 0 N–H and O–H groups in total. The quantitative estimate of drug-likeness (QED) is 0.368. The van der Waals surface area contributed by atoms with Crippen LogP contribution in [0.2, 0.25) is 0 Å². The lowest BCUT2D eigenvalue weighted by molar-refractivity contribution is -0.697. The lowest BCUT2D eigenvalue weighted by Gasteiger charge is -2.01. The van der Waals surface area contributed by atoms with Crippen molar-refractivity contribution in [2.45, 2.75) is 78.2 Å². The molecule has 0 saturated carbocycles. The van der Waals surface area contributed by atoms with Crippen molar-refractivity contribution < 1.29 is 17.5 Å². The number of nitrogens with zero attached hydrogens (tertiary/aromatic N) is 1. The first-order valence-corrected chi connectivity index (χ1v) is 10.6. The van der Waals surface area contributed by atoms with E-state index in [4.69, 9.17) is 13.0 Å². The summed E-state index contributed by atoms with van der Waals surface area (Å²) < 4.78 is 29.6. The van der Waals surface area contributed by atoms with Crippen molar-refractivity contribution in [3.05, 3.63) is 30.1 Å². The van der Waals surface area contributed by atoms with Gasteiger partial charge in [0.25, 0.3) is 0 Å². The van der Waals surface area contributed by atoms with Crippen molar-refractivity contribution in [2.75, 3.05) is 6.26 Å². The monoisotopic (exact) mass is 343 g/mol. The summed E-state index contributed by atoms with van der Waals surface area (Å²) in [4.78, 5) is 0. The third-order valence-corrected chi connectivity index (χ3v) is 3.51. The van der Waals surface area contributed by atoms with Crippen molar-refractivity contribution in [3.63, 3.8) is 0 Å². The normalized spacial score (nSPS) is 11.0. The lowest BCUT2D eigenvalue weighted by atomic mass is 10.1. The van der Waals surface area contributed by atoms with Gasteiger partial charge in [0, 0.05) is 24.3 Å².